The first-order valence-electron chi connectivity index (χ1n) is 7.15. The second kappa shape index (κ2) is 6.41. The van der Waals surface area contributed by atoms with Gasteiger partial charge in [0.1, 0.15) is 5.52 Å². The van der Waals surface area contributed by atoms with E-state index in [0.29, 0.717) is 6.01 Å². The van der Waals surface area contributed by atoms with E-state index in [4.69, 9.17) is 9.52 Å². The lowest BCUT2D eigenvalue weighted by atomic mass is 10.0. The maximum Gasteiger partial charge on any atom is 0.296 e. The topological polar surface area (TPSA) is 58.3 Å². The number of hydrogen-bond donors (Lipinski definition) is 2. The van der Waals surface area contributed by atoms with Gasteiger partial charge in [-0.25, -0.2) is 0 Å². The molecule has 0 bridgehead atoms. The number of rotatable bonds is 6. The van der Waals surface area contributed by atoms with Crippen LogP contribution in [-0.4, -0.2) is 16.7 Å². The van der Waals surface area contributed by atoms with Crippen molar-refractivity contribution in [1.82, 2.24) is 4.98 Å². The average Bonchev–Trinajstić information content (AvgIpc) is 2.94. The van der Waals surface area contributed by atoms with Crippen molar-refractivity contribution in [2.75, 3.05) is 11.9 Å². The van der Waals surface area contributed by atoms with Gasteiger partial charge in [0, 0.05) is 6.61 Å². The Balaban J connectivity index is 1.83. The number of aliphatic hydroxyl groups excluding tert-OH is 1. The zero-order valence-corrected chi connectivity index (χ0v) is 11.7. The Morgan fingerprint density at radius 1 is 1.05 bits per heavy atom. The molecule has 0 spiro atoms. The van der Waals surface area contributed by atoms with Gasteiger partial charge in [-0.2, -0.15) is 4.98 Å². The Hall–Kier alpha value is -2.33. The van der Waals surface area contributed by atoms with Crippen LogP contribution in [0.15, 0.2) is 59.0 Å². The molecule has 0 saturated heterocycles. The third-order valence-corrected chi connectivity index (χ3v) is 3.44. The summed E-state index contributed by atoms with van der Waals surface area (Å²) in [5, 5.41) is 12.4. The number of benzene rings is 2. The second-order valence-corrected chi connectivity index (χ2v) is 4.96. The lowest BCUT2D eigenvalue weighted by molar-refractivity contribution is 0.281. The molecule has 3 aromatic rings. The van der Waals surface area contributed by atoms with Crippen LogP contribution in [0.3, 0.4) is 0 Å². The summed E-state index contributed by atoms with van der Waals surface area (Å²) in [5.74, 6) is 0. The SMILES string of the molecule is OCCCC(Nc1nc2ccccc2o1)c1ccccc1. The number of oxazole rings is 1. The second-order valence-electron chi connectivity index (χ2n) is 4.96. The number of anilines is 1. The predicted molar refractivity (Wildman–Crippen MR) is 83.1 cm³/mol. The Morgan fingerprint density at radius 3 is 2.57 bits per heavy atom. The van der Waals surface area contributed by atoms with Crippen molar-refractivity contribution in [3.8, 4) is 0 Å². The molecule has 1 heterocycles. The van der Waals surface area contributed by atoms with E-state index in [9.17, 15) is 0 Å². The van der Waals surface area contributed by atoms with Crippen molar-refractivity contribution in [1.29, 1.82) is 0 Å². The maximum atomic E-state index is 9.08. The van der Waals surface area contributed by atoms with Crippen LogP contribution in [0.5, 0.6) is 0 Å². The Kier molecular flexibility index (Phi) is 4.17. The van der Waals surface area contributed by atoms with E-state index in [0.717, 1.165) is 29.5 Å². The first-order valence-corrected chi connectivity index (χ1v) is 7.15. The molecule has 0 fully saturated rings. The van der Waals surface area contributed by atoms with E-state index in [2.05, 4.69) is 22.4 Å². The van der Waals surface area contributed by atoms with Crippen LogP contribution < -0.4 is 5.32 Å². The van der Waals surface area contributed by atoms with Crippen LogP contribution in [0.2, 0.25) is 0 Å². The summed E-state index contributed by atoms with van der Waals surface area (Å²) >= 11 is 0. The molecule has 0 amide bonds. The van der Waals surface area contributed by atoms with Gasteiger partial charge >= 0.3 is 0 Å². The molecule has 21 heavy (non-hydrogen) atoms. The number of aliphatic hydroxyl groups is 1. The van der Waals surface area contributed by atoms with E-state index in [1.165, 1.54) is 0 Å². The predicted octanol–water partition coefficient (Wildman–Crippen LogP) is 3.75. The lowest BCUT2D eigenvalue weighted by Gasteiger charge is -2.17. The summed E-state index contributed by atoms with van der Waals surface area (Å²) in [6.07, 6.45) is 1.55. The number of aromatic nitrogens is 1. The van der Waals surface area contributed by atoms with E-state index in [-0.39, 0.29) is 12.6 Å². The summed E-state index contributed by atoms with van der Waals surface area (Å²) in [5.41, 5.74) is 2.77. The Labute approximate surface area is 123 Å². The minimum Gasteiger partial charge on any atom is -0.424 e. The fourth-order valence-corrected chi connectivity index (χ4v) is 2.39. The van der Waals surface area contributed by atoms with Gasteiger partial charge in [0.25, 0.3) is 6.01 Å². The molecule has 1 aromatic heterocycles. The quantitative estimate of drug-likeness (QED) is 0.723. The summed E-state index contributed by atoms with van der Waals surface area (Å²) in [7, 11) is 0. The minimum atomic E-state index is 0.0754. The molecular weight excluding hydrogens is 264 g/mol. The first-order chi connectivity index (χ1) is 10.4. The number of para-hydroxylation sites is 2. The molecule has 0 aliphatic carbocycles. The summed E-state index contributed by atoms with van der Waals surface area (Å²) in [4.78, 5) is 4.45. The van der Waals surface area contributed by atoms with Gasteiger partial charge in [0.2, 0.25) is 0 Å². The Bertz CT molecular complexity index is 661. The third-order valence-electron chi connectivity index (χ3n) is 3.44. The van der Waals surface area contributed by atoms with Gasteiger partial charge < -0.3 is 14.8 Å². The molecule has 2 aromatic carbocycles. The summed E-state index contributed by atoms with van der Waals surface area (Å²) in [6.45, 7) is 0.179. The fourth-order valence-electron chi connectivity index (χ4n) is 2.39. The van der Waals surface area contributed by atoms with Crippen LogP contribution >= 0.6 is 0 Å². The van der Waals surface area contributed by atoms with E-state index in [1.807, 2.05) is 42.5 Å². The fraction of sp³-hybridized carbons (Fsp3) is 0.235. The molecule has 0 radical (unpaired) electrons. The maximum absolute atomic E-state index is 9.08. The van der Waals surface area contributed by atoms with Crippen LogP contribution in [0, 0.1) is 0 Å². The van der Waals surface area contributed by atoms with Crippen molar-refractivity contribution in [3.05, 3.63) is 60.2 Å². The lowest BCUT2D eigenvalue weighted by Crippen LogP contribution is -2.11. The molecule has 1 unspecified atom stereocenters. The van der Waals surface area contributed by atoms with Gasteiger partial charge in [-0.05, 0) is 30.5 Å². The molecule has 0 aliphatic rings. The van der Waals surface area contributed by atoms with Crippen molar-refractivity contribution in [3.63, 3.8) is 0 Å². The normalized spacial score (nSPS) is 12.4. The van der Waals surface area contributed by atoms with Crippen LogP contribution in [-0.2, 0) is 0 Å². The van der Waals surface area contributed by atoms with Gasteiger partial charge in [-0.15, -0.1) is 0 Å². The zero-order chi connectivity index (χ0) is 14.5. The largest absolute Gasteiger partial charge is 0.424 e. The zero-order valence-electron chi connectivity index (χ0n) is 11.7. The van der Waals surface area contributed by atoms with Gasteiger partial charge in [-0.3, -0.25) is 0 Å². The summed E-state index contributed by atoms with van der Waals surface area (Å²) < 4.78 is 5.72. The summed E-state index contributed by atoms with van der Waals surface area (Å²) in [6, 6.07) is 18.4. The van der Waals surface area contributed by atoms with E-state index < -0.39 is 0 Å². The van der Waals surface area contributed by atoms with Gasteiger partial charge in [0.05, 0.1) is 6.04 Å². The highest BCUT2D eigenvalue weighted by Gasteiger charge is 2.14. The van der Waals surface area contributed by atoms with Crippen molar-refractivity contribution in [2.24, 2.45) is 0 Å². The van der Waals surface area contributed by atoms with Crippen molar-refractivity contribution in [2.45, 2.75) is 18.9 Å². The smallest absolute Gasteiger partial charge is 0.296 e. The highest BCUT2D eigenvalue weighted by atomic mass is 16.4. The third kappa shape index (κ3) is 3.23. The van der Waals surface area contributed by atoms with Crippen LogP contribution in [0.1, 0.15) is 24.4 Å². The number of nitrogens with one attached hydrogen (secondary N) is 1. The molecule has 4 nitrogen and oxygen atoms in total. The monoisotopic (exact) mass is 282 g/mol. The molecule has 1 atom stereocenters. The highest BCUT2D eigenvalue weighted by Crippen LogP contribution is 2.26. The molecule has 2 N–H and O–H groups in total. The molecule has 0 saturated carbocycles. The standard InChI is InChI=1S/C17H18N2O2/c20-12-6-10-14(13-7-2-1-3-8-13)18-17-19-15-9-4-5-11-16(15)21-17/h1-5,7-9,11,14,20H,6,10,12H2,(H,18,19). The number of nitrogens with zero attached hydrogens (tertiary/aromatic N) is 1. The van der Waals surface area contributed by atoms with Crippen LogP contribution in [0.4, 0.5) is 6.01 Å². The van der Waals surface area contributed by atoms with Crippen molar-refractivity contribution < 1.29 is 9.52 Å². The first kappa shape index (κ1) is 13.6. The molecular formula is C17H18N2O2. The molecule has 0 aliphatic heterocycles. The van der Waals surface area contributed by atoms with Gasteiger partial charge in [-0.1, -0.05) is 42.5 Å². The molecule has 108 valence electrons. The average molecular weight is 282 g/mol. The Morgan fingerprint density at radius 2 is 1.81 bits per heavy atom. The minimum absolute atomic E-state index is 0.0754. The van der Waals surface area contributed by atoms with Crippen molar-refractivity contribution >= 4 is 17.1 Å². The van der Waals surface area contributed by atoms with Crippen LogP contribution in [0.25, 0.3) is 11.1 Å². The highest BCUT2D eigenvalue weighted by molar-refractivity contribution is 5.74. The molecule has 3 rings (SSSR count). The number of fused-ring (bicyclic) bond motifs is 1. The van der Waals surface area contributed by atoms with E-state index >= 15 is 0 Å². The molecule has 4 heteroatoms. The van der Waals surface area contributed by atoms with E-state index in [1.54, 1.807) is 0 Å². The number of hydrogen-bond acceptors (Lipinski definition) is 4. The van der Waals surface area contributed by atoms with Gasteiger partial charge in [0.15, 0.2) is 5.58 Å².